The van der Waals surface area contributed by atoms with Gasteiger partial charge in [-0.3, -0.25) is 19.7 Å². The van der Waals surface area contributed by atoms with Crippen LogP contribution in [0.25, 0.3) is 0 Å². The van der Waals surface area contributed by atoms with E-state index in [1.807, 2.05) is 0 Å². The number of nitro groups is 1. The van der Waals surface area contributed by atoms with Gasteiger partial charge in [-0.25, -0.2) is 0 Å². The normalized spacial score (nSPS) is 11.7. The second kappa shape index (κ2) is 6.69. The summed E-state index contributed by atoms with van der Waals surface area (Å²) in [6.07, 6.45) is 0. The van der Waals surface area contributed by atoms with Crippen LogP contribution in [0, 0.1) is 16.0 Å². The van der Waals surface area contributed by atoms with E-state index in [-0.39, 0.29) is 23.5 Å². The van der Waals surface area contributed by atoms with Crippen LogP contribution in [0.15, 0.2) is 18.2 Å². The van der Waals surface area contributed by atoms with E-state index >= 15 is 0 Å². The Bertz CT molecular complexity index is 573. The van der Waals surface area contributed by atoms with Gasteiger partial charge < -0.3 is 15.7 Å². The molecule has 1 atom stereocenters. The van der Waals surface area contributed by atoms with E-state index in [0.717, 1.165) is 6.07 Å². The lowest BCUT2D eigenvalue weighted by Gasteiger charge is -2.24. The molecule has 0 aliphatic rings. The van der Waals surface area contributed by atoms with Crippen LogP contribution in [0.5, 0.6) is 0 Å². The van der Waals surface area contributed by atoms with Crippen LogP contribution in [0.4, 0.5) is 11.4 Å². The molecule has 1 rings (SSSR count). The van der Waals surface area contributed by atoms with Crippen molar-refractivity contribution in [2.45, 2.75) is 13.8 Å². The highest BCUT2D eigenvalue weighted by molar-refractivity contribution is 5.94. The van der Waals surface area contributed by atoms with E-state index < -0.39 is 22.7 Å². The molecule has 1 aromatic rings. The zero-order chi connectivity index (χ0) is 16.2. The Balaban J connectivity index is 3.22. The lowest BCUT2D eigenvalue weighted by molar-refractivity contribution is -0.384. The zero-order valence-corrected chi connectivity index (χ0v) is 11.8. The van der Waals surface area contributed by atoms with Gasteiger partial charge in [-0.15, -0.1) is 0 Å². The predicted octanol–water partition coefficient (Wildman–Crippen LogP) is 1.24. The number of nitrogens with zero attached hydrogens (tertiary/aromatic N) is 2. The number of carboxylic acid groups (broad SMARTS) is 1. The van der Waals surface area contributed by atoms with Crippen LogP contribution < -0.4 is 10.6 Å². The first kappa shape index (κ1) is 16.4. The molecule has 0 aliphatic heterocycles. The number of aliphatic carboxylic acids is 1. The summed E-state index contributed by atoms with van der Waals surface area (Å²) in [7, 11) is 0. The number of hydrogen-bond acceptors (Lipinski definition) is 5. The molecule has 8 nitrogen and oxygen atoms in total. The van der Waals surface area contributed by atoms with Crippen LogP contribution >= 0.6 is 0 Å². The van der Waals surface area contributed by atoms with Crippen LogP contribution in [0.2, 0.25) is 0 Å². The number of carbonyl (C=O) groups is 2. The van der Waals surface area contributed by atoms with Crippen LogP contribution in [0.1, 0.15) is 24.2 Å². The van der Waals surface area contributed by atoms with Gasteiger partial charge in [-0.1, -0.05) is 6.92 Å². The SMILES string of the molecule is CCN(CC(C)C(=O)O)c1ccc(C(N)=O)cc1[N+](=O)[O-]. The highest BCUT2D eigenvalue weighted by Gasteiger charge is 2.23. The van der Waals surface area contributed by atoms with Gasteiger partial charge in [-0.2, -0.15) is 0 Å². The Morgan fingerprint density at radius 1 is 1.48 bits per heavy atom. The van der Waals surface area contributed by atoms with Crippen molar-refractivity contribution in [1.29, 1.82) is 0 Å². The van der Waals surface area contributed by atoms with Gasteiger partial charge in [0.1, 0.15) is 5.69 Å². The molecule has 0 radical (unpaired) electrons. The Morgan fingerprint density at radius 2 is 2.10 bits per heavy atom. The Morgan fingerprint density at radius 3 is 2.52 bits per heavy atom. The number of amides is 1. The molecule has 21 heavy (non-hydrogen) atoms. The lowest BCUT2D eigenvalue weighted by Crippen LogP contribution is -2.32. The third kappa shape index (κ3) is 3.91. The van der Waals surface area contributed by atoms with Crippen molar-refractivity contribution >= 4 is 23.3 Å². The molecule has 0 heterocycles. The molecule has 8 heteroatoms. The first-order chi connectivity index (χ1) is 9.77. The molecule has 0 aromatic heterocycles. The maximum absolute atomic E-state index is 11.1. The molecular weight excluding hydrogens is 278 g/mol. The van der Waals surface area contributed by atoms with Crippen molar-refractivity contribution in [2.24, 2.45) is 11.7 Å². The summed E-state index contributed by atoms with van der Waals surface area (Å²) >= 11 is 0. The maximum Gasteiger partial charge on any atom is 0.308 e. The quantitative estimate of drug-likeness (QED) is 0.575. The molecule has 3 N–H and O–H groups in total. The first-order valence-electron chi connectivity index (χ1n) is 6.33. The van der Waals surface area contributed by atoms with E-state index in [1.54, 1.807) is 11.8 Å². The van der Waals surface area contributed by atoms with Gasteiger partial charge >= 0.3 is 5.97 Å². The minimum absolute atomic E-state index is 0.0350. The number of primary amides is 1. The van der Waals surface area contributed by atoms with Gasteiger partial charge in [-0.05, 0) is 19.1 Å². The number of nitrogens with two attached hydrogens (primary N) is 1. The van der Waals surface area contributed by atoms with Crippen molar-refractivity contribution in [2.75, 3.05) is 18.0 Å². The van der Waals surface area contributed by atoms with E-state index in [2.05, 4.69) is 0 Å². The number of anilines is 1. The largest absolute Gasteiger partial charge is 0.481 e. The molecule has 0 bridgehead atoms. The summed E-state index contributed by atoms with van der Waals surface area (Å²) in [5, 5.41) is 20.1. The van der Waals surface area contributed by atoms with E-state index in [0.29, 0.717) is 6.54 Å². The van der Waals surface area contributed by atoms with Gasteiger partial charge in [0, 0.05) is 24.7 Å². The molecule has 0 fully saturated rings. The summed E-state index contributed by atoms with van der Waals surface area (Å²) in [6.45, 7) is 3.81. The van der Waals surface area contributed by atoms with Crippen molar-refractivity contribution in [3.8, 4) is 0 Å². The van der Waals surface area contributed by atoms with Gasteiger partial charge in [0.25, 0.3) is 5.69 Å². The number of carboxylic acids is 1. The topological polar surface area (TPSA) is 127 Å². The smallest absolute Gasteiger partial charge is 0.308 e. The number of carbonyl (C=O) groups excluding carboxylic acids is 1. The van der Waals surface area contributed by atoms with Crippen molar-refractivity contribution in [3.05, 3.63) is 33.9 Å². The predicted molar refractivity (Wildman–Crippen MR) is 76.3 cm³/mol. The average molecular weight is 295 g/mol. The molecule has 1 aromatic carbocycles. The summed E-state index contributed by atoms with van der Waals surface area (Å²) in [4.78, 5) is 34.1. The summed E-state index contributed by atoms with van der Waals surface area (Å²) < 4.78 is 0. The van der Waals surface area contributed by atoms with Crippen LogP contribution in [-0.4, -0.2) is 35.0 Å². The third-order valence-electron chi connectivity index (χ3n) is 3.09. The maximum atomic E-state index is 11.1. The monoisotopic (exact) mass is 295 g/mol. The fourth-order valence-corrected chi connectivity index (χ4v) is 1.90. The summed E-state index contributed by atoms with van der Waals surface area (Å²) in [6, 6.07) is 3.90. The molecule has 0 saturated carbocycles. The Labute approximate surface area is 121 Å². The van der Waals surface area contributed by atoms with E-state index in [1.165, 1.54) is 19.1 Å². The van der Waals surface area contributed by atoms with E-state index in [9.17, 15) is 19.7 Å². The first-order valence-corrected chi connectivity index (χ1v) is 6.33. The van der Waals surface area contributed by atoms with Crippen molar-refractivity contribution < 1.29 is 19.6 Å². The highest BCUT2D eigenvalue weighted by atomic mass is 16.6. The fourth-order valence-electron chi connectivity index (χ4n) is 1.90. The molecule has 1 unspecified atom stereocenters. The van der Waals surface area contributed by atoms with Crippen LogP contribution in [0.3, 0.4) is 0 Å². The minimum atomic E-state index is -0.982. The van der Waals surface area contributed by atoms with Crippen molar-refractivity contribution in [3.63, 3.8) is 0 Å². The second-order valence-corrected chi connectivity index (χ2v) is 4.60. The molecule has 0 spiro atoms. The molecule has 1 amide bonds. The van der Waals surface area contributed by atoms with Gasteiger partial charge in [0.05, 0.1) is 10.8 Å². The highest BCUT2D eigenvalue weighted by Crippen LogP contribution is 2.29. The lowest BCUT2D eigenvalue weighted by atomic mass is 10.1. The summed E-state index contributed by atoms with van der Waals surface area (Å²) in [5.74, 6) is -2.42. The summed E-state index contributed by atoms with van der Waals surface area (Å²) in [5.41, 5.74) is 5.14. The second-order valence-electron chi connectivity index (χ2n) is 4.60. The van der Waals surface area contributed by atoms with E-state index in [4.69, 9.17) is 10.8 Å². The molecule has 114 valence electrons. The molecule has 0 aliphatic carbocycles. The molecule has 0 saturated heterocycles. The zero-order valence-electron chi connectivity index (χ0n) is 11.8. The number of nitro benzene ring substituents is 1. The fraction of sp³-hybridized carbons (Fsp3) is 0.385. The number of hydrogen-bond donors (Lipinski definition) is 2. The Hall–Kier alpha value is -2.64. The average Bonchev–Trinajstić information content (AvgIpc) is 2.43. The number of rotatable bonds is 7. The standard InChI is InChI=1S/C13H17N3O5/c1-3-15(7-8(2)13(18)19)10-5-4-9(12(14)17)6-11(10)16(20)21/h4-6,8H,3,7H2,1-2H3,(H2,14,17)(H,18,19). The van der Waals surface area contributed by atoms with Gasteiger partial charge in [0.2, 0.25) is 5.91 Å². The van der Waals surface area contributed by atoms with Crippen molar-refractivity contribution in [1.82, 2.24) is 0 Å². The third-order valence-corrected chi connectivity index (χ3v) is 3.09. The Kier molecular flexibility index (Phi) is 5.23. The van der Waals surface area contributed by atoms with Gasteiger partial charge in [0.15, 0.2) is 0 Å². The number of benzene rings is 1. The van der Waals surface area contributed by atoms with Crippen LogP contribution in [-0.2, 0) is 4.79 Å². The molecular formula is C13H17N3O5. The minimum Gasteiger partial charge on any atom is -0.481 e.